The highest BCUT2D eigenvalue weighted by Gasteiger charge is 2.43. The van der Waals surface area contributed by atoms with Crippen LogP contribution in [0.2, 0.25) is 0 Å². The van der Waals surface area contributed by atoms with Crippen LogP contribution in [0.3, 0.4) is 0 Å². The summed E-state index contributed by atoms with van der Waals surface area (Å²) in [7, 11) is 3.95. The third-order valence-electron chi connectivity index (χ3n) is 4.95. The molecular weight excluding hydrogens is 238 g/mol. The largest absolute Gasteiger partial charge is 0.497 e. The molecule has 0 aliphatic carbocycles. The first-order valence-electron chi connectivity index (χ1n) is 7.20. The van der Waals surface area contributed by atoms with E-state index in [0.29, 0.717) is 12.0 Å². The van der Waals surface area contributed by atoms with Crippen molar-refractivity contribution in [3.63, 3.8) is 0 Å². The lowest BCUT2D eigenvalue weighted by Gasteiger charge is -2.39. The highest BCUT2D eigenvalue weighted by Crippen LogP contribution is 2.51. The molecule has 0 unspecified atom stereocenters. The lowest BCUT2D eigenvalue weighted by atomic mass is 9.90. The standard InChI is InChI=1S/C15H21N3O/c1-17-5-6-18-13-3-4-16-9-12(13)11-7-10(19-2)8-14(17)15(11)18/h7-8,12-13,16H,3-6,9H2,1-2H3/t12-,13+/m0/s1. The van der Waals surface area contributed by atoms with Crippen LogP contribution in [0.5, 0.6) is 5.75 Å². The lowest BCUT2D eigenvalue weighted by Crippen LogP contribution is -2.48. The van der Waals surface area contributed by atoms with Crippen molar-refractivity contribution in [3.8, 4) is 5.75 Å². The van der Waals surface area contributed by atoms with Crippen molar-refractivity contribution >= 4 is 11.4 Å². The molecule has 0 bridgehead atoms. The van der Waals surface area contributed by atoms with Gasteiger partial charge < -0.3 is 19.9 Å². The topological polar surface area (TPSA) is 27.7 Å². The van der Waals surface area contributed by atoms with Gasteiger partial charge in [-0.15, -0.1) is 0 Å². The van der Waals surface area contributed by atoms with Gasteiger partial charge in [-0.05, 0) is 24.6 Å². The lowest BCUT2D eigenvalue weighted by molar-refractivity contribution is 0.399. The van der Waals surface area contributed by atoms with Crippen molar-refractivity contribution in [2.45, 2.75) is 18.4 Å². The monoisotopic (exact) mass is 259 g/mol. The molecule has 0 aromatic heterocycles. The van der Waals surface area contributed by atoms with Crippen LogP contribution in [0.4, 0.5) is 11.4 Å². The Balaban J connectivity index is 1.90. The maximum atomic E-state index is 5.50. The maximum absolute atomic E-state index is 5.50. The number of nitrogens with zero attached hydrogens (tertiary/aromatic N) is 2. The number of rotatable bonds is 1. The van der Waals surface area contributed by atoms with E-state index in [0.717, 1.165) is 31.9 Å². The van der Waals surface area contributed by atoms with Gasteiger partial charge in [0, 0.05) is 44.7 Å². The Kier molecular flexibility index (Phi) is 2.42. The van der Waals surface area contributed by atoms with Crippen molar-refractivity contribution in [2.75, 3.05) is 50.1 Å². The van der Waals surface area contributed by atoms with Crippen molar-refractivity contribution in [3.05, 3.63) is 17.7 Å². The Morgan fingerprint density at radius 2 is 2.21 bits per heavy atom. The Morgan fingerprint density at radius 1 is 1.32 bits per heavy atom. The average Bonchev–Trinajstić information content (AvgIpc) is 2.78. The zero-order chi connectivity index (χ0) is 13.0. The van der Waals surface area contributed by atoms with E-state index in [1.54, 1.807) is 7.11 Å². The third-order valence-corrected chi connectivity index (χ3v) is 4.95. The first-order valence-corrected chi connectivity index (χ1v) is 7.20. The molecule has 0 spiro atoms. The fourth-order valence-corrected chi connectivity index (χ4v) is 3.98. The molecule has 4 rings (SSSR count). The minimum atomic E-state index is 0.629. The van der Waals surface area contributed by atoms with Gasteiger partial charge in [0.05, 0.1) is 18.5 Å². The molecule has 1 fully saturated rings. The summed E-state index contributed by atoms with van der Waals surface area (Å²) >= 11 is 0. The van der Waals surface area contributed by atoms with E-state index in [1.165, 1.54) is 23.4 Å². The van der Waals surface area contributed by atoms with Crippen LogP contribution < -0.4 is 19.9 Å². The number of hydrogen-bond acceptors (Lipinski definition) is 4. The molecule has 2 atom stereocenters. The SMILES string of the molecule is COc1cc2c3c(c1)N(C)CCN3[C@@H]1CCNC[C@@H]21. The smallest absolute Gasteiger partial charge is 0.121 e. The van der Waals surface area contributed by atoms with Crippen molar-refractivity contribution < 1.29 is 4.74 Å². The van der Waals surface area contributed by atoms with E-state index in [-0.39, 0.29) is 0 Å². The van der Waals surface area contributed by atoms with Crippen molar-refractivity contribution in [1.82, 2.24) is 5.32 Å². The van der Waals surface area contributed by atoms with E-state index in [1.807, 2.05) is 0 Å². The summed E-state index contributed by atoms with van der Waals surface area (Å²) in [4.78, 5) is 5.01. The highest BCUT2D eigenvalue weighted by atomic mass is 16.5. The van der Waals surface area contributed by atoms with Gasteiger partial charge in [-0.1, -0.05) is 0 Å². The molecule has 1 saturated heterocycles. The zero-order valence-electron chi connectivity index (χ0n) is 11.6. The minimum absolute atomic E-state index is 0.629. The quantitative estimate of drug-likeness (QED) is 0.825. The summed E-state index contributed by atoms with van der Waals surface area (Å²) in [5.41, 5.74) is 4.29. The molecule has 3 aliphatic rings. The molecule has 1 N–H and O–H groups in total. The molecule has 0 radical (unpaired) electrons. The predicted molar refractivity (Wildman–Crippen MR) is 77.6 cm³/mol. The number of fused-ring (bicyclic) bond motifs is 3. The van der Waals surface area contributed by atoms with Crippen LogP contribution >= 0.6 is 0 Å². The molecule has 1 aromatic carbocycles. The Labute approximate surface area is 114 Å². The molecule has 4 nitrogen and oxygen atoms in total. The van der Waals surface area contributed by atoms with E-state index in [4.69, 9.17) is 4.74 Å². The van der Waals surface area contributed by atoms with Crippen LogP contribution in [-0.4, -0.2) is 46.4 Å². The summed E-state index contributed by atoms with van der Waals surface area (Å²) in [6.45, 7) is 4.51. The zero-order valence-corrected chi connectivity index (χ0v) is 11.6. The molecule has 3 heterocycles. The van der Waals surface area contributed by atoms with Crippen molar-refractivity contribution in [1.29, 1.82) is 0 Å². The summed E-state index contributed by atoms with van der Waals surface area (Å²) in [5, 5.41) is 3.55. The van der Waals surface area contributed by atoms with Crippen LogP contribution in [0.1, 0.15) is 17.9 Å². The number of benzene rings is 1. The fourth-order valence-electron chi connectivity index (χ4n) is 3.98. The predicted octanol–water partition coefficient (Wildman–Crippen LogP) is 1.41. The van der Waals surface area contributed by atoms with Crippen LogP contribution in [0, 0.1) is 0 Å². The van der Waals surface area contributed by atoms with Gasteiger partial charge in [-0.3, -0.25) is 0 Å². The Bertz CT molecular complexity index is 516. The van der Waals surface area contributed by atoms with Gasteiger partial charge in [0.1, 0.15) is 5.75 Å². The second-order valence-corrected chi connectivity index (χ2v) is 5.87. The minimum Gasteiger partial charge on any atom is -0.497 e. The van der Waals surface area contributed by atoms with Gasteiger partial charge in [-0.25, -0.2) is 0 Å². The molecule has 0 amide bonds. The van der Waals surface area contributed by atoms with E-state index in [2.05, 4.69) is 34.3 Å². The summed E-state index contributed by atoms with van der Waals surface area (Å²) in [6, 6.07) is 5.13. The molecule has 0 saturated carbocycles. The number of hydrogen-bond donors (Lipinski definition) is 1. The average molecular weight is 259 g/mol. The van der Waals surface area contributed by atoms with Gasteiger partial charge in [0.25, 0.3) is 0 Å². The number of nitrogens with one attached hydrogen (secondary N) is 1. The van der Waals surface area contributed by atoms with Crippen LogP contribution in [0.25, 0.3) is 0 Å². The third kappa shape index (κ3) is 1.49. The molecular formula is C15H21N3O. The number of anilines is 2. The number of piperidine rings is 1. The van der Waals surface area contributed by atoms with E-state index < -0.39 is 0 Å². The first-order chi connectivity index (χ1) is 9.29. The number of likely N-dealkylation sites (N-methyl/N-ethyl adjacent to an activating group) is 1. The molecule has 102 valence electrons. The highest BCUT2D eigenvalue weighted by molar-refractivity contribution is 5.82. The summed E-state index contributed by atoms with van der Waals surface area (Å²) in [5.74, 6) is 1.62. The van der Waals surface area contributed by atoms with E-state index in [9.17, 15) is 0 Å². The number of methoxy groups -OCH3 is 1. The fraction of sp³-hybridized carbons (Fsp3) is 0.600. The maximum Gasteiger partial charge on any atom is 0.121 e. The van der Waals surface area contributed by atoms with Gasteiger partial charge in [-0.2, -0.15) is 0 Å². The van der Waals surface area contributed by atoms with Gasteiger partial charge in [0.2, 0.25) is 0 Å². The van der Waals surface area contributed by atoms with Crippen LogP contribution in [-0.2, 0) is 0 Å². The second kappa shape index (κ2) is 4.04. The summed E-state index contributed by atoms with van der Waals surface area (Å²) < 4.78 is 5.50. The molecule has 3 aliphatic heterocycles. The first kappa shape index (κ1) is 11.4. The second-order valence-electron chi connectivity index (χ2n) is 5.87. The van der Waals surface area contributed by atoms with Gasteiger partial charge in [0.15, 0.2) is 0 Å². The Morgan fingerprint density at radius 3 is 3.05 bits per heavy atom. The van der Waals surface area contributed by atoms with Crippen LogP contribution in [0.15, 0.2) is 12.1 Å². The van der Waals surface area contributed by atoms with E-state index >= 15 is 0 Å². The Hall–Kier alpha value is -1.42. The normalized spacial score (nSPS) is 28.1. The molecule has 1 aromatic rings. The summed E-state index contributed by atoms with van der Waals surface area (Å²) in [6.07, 6.45) is 1.25. The molecule has 19 heavy (non-hydrogen) atoms. The number of ether oxygens (including phenoxy) is 1. The molecule has 4 heteroatoms. The van der Waals surface area contributed by atoms with Gasteiger partial charge >= 0.3 is 0 Å². The van der Waals surface area contributed by atoms with Crippen molar-refractivity contribution in [2.24, 2.45) is 0 Å².